The molecule has 2 heterocycles. The maximum absolute atomic E-state index is 10.9. The number of allylic oxidation sites excluding steroid dienone is 1. The van der Waals surface area contributed by atoms with E-state index in [1.165, 1.54) is 42.7 Å². The average Bonchev–Trinajstić information content (AvgIpc) is 3.16. The Morgan fingerprint density at radius 3 is 1.76 bits per heavy atom. The Labute approximate surface area is 244 Å². The Balaban J connectivity index is -0.000000327. The molecule has 1 aliphatic rings. The van der Waals surface area contributed by atoms with Gasteiger partial charge in [-0.1, -0.05) is 23.4 Å². The average molecular weight is 1090 g/mol. The van der Waals surface area contributed by atoms with E-state index in [0.29, 0.717) is 18.1 Å². The van der Waals surface area contributed by atoms with Gasteiger partial charge in [0.15, 0.2) is 17.3 Å². The van der Waals surface area contributed by atoms with E-state index in [1.54, 1.807) is 5.38 Å². The largest absolute Gasteiger partial charge is 0.317 e. The minimum atomic E-state index is -3.72. The Bertz CT molecular complexity index is 782. The van der Waals surface area contributed by atoms with E-state index in [9.17, 15) is 14.4 Å². The second-order valence-electron chi connectivity index (χ2n) is 4.06. The molecule has 1 aliphatic heterocycles. The van der Waals surface area contributed by atoms with Gasteiger partial charge in [0, 0.05) is 65.5 Å². The van der Waals surface area contributed by atoms with Crippen molar-refractivity contribution in [3.05, 3.63) is 27.8 Å². The van der Waals surface area contributed by atoms with Crippen LogP contribution in [0, 0.1) is 0 Å². The molecule has 0 bridgehead atoms. The normalized spacial score (nSPS) is 16.7. The molecule has 0 radical (unpaired) electrons. The van der Waals surface area contributed by atoms with Crippen LogP contribution in [0.4, 0.5) is 0 Å². The van der Waals surface area contributed by atoms with Gasteiger partial charge in [-0.2, -0.15) is 8.42 Å². The molecule has 17 heteroatoms. The monoisotopic (exact) mass is 1090 g/mol. The Hall–Kier alpha value is 3.07. The molecule has 1 atom stereocenters. The van der Waals surface area contributed by atoms with Gasteiger partial charge in [0.25, 0.3) is 0 Å². The third-order valence-corrected chi connectivity index (χ3v) is 4.99. The van der Waals surface area contributed by atoms with Crippen LogP contribution in [0.5, 0.6) is 5.75 Å². The summed E-state index contributed by atoms with van der Waals surface area (Å²) < 4.78 is 17.0. The molecule has 0 fully saturated rings. The van der Waals surface area contributed by atoms with Crippen molar-refractivity contribution in [2.75, 3.05) is 0 Å². The Morgan fingerprint density at radius 2 is 1.62 bits per heavy atom. The summed E-state index contributed by atoms with van der Waals surface area (Å²) in [7, 11) is 4.81. The van der Waals surface area contributed by atoms with Crippen molar-refractivity contribution >= 4 is 156 Å². The number of aromatic hydroxyl groups is 1. The number of thiophene rings is 1. The van der Waals surface area contributed by atoms with Crippen LogP contribution in [0.1, 0.15) is 23.5 Å². The van der Waals surface area contributed by atoms with Gasteiger partial charge < -0.3 is 5.11 Å². The molecule has 0 aliphatic carbocycles. The predicted octanol–water partition coefficient (Wildman–Crippen LogP) is 4.25. The Kier molecular flexibility index (Phi) is 25.8. The fourth-order valence-electron chi connectivity index (χ4n) is 1.18. The van der Waals surface area contributed by atoms with Gasteiger partial charge in [0.2, 0.25) is 4.21 Å². The fraction of sp³-hybridized carbons (Fsp3) is 0.250. The maximum atomic E-state index is 10.9. The maximum Gasteiger partial charge on any atom is 0.317 e. The van der Waals surface area contributed by atoms with Crippen molar-refractivity contribution in [1.29, 1.82) is 0 Å². The summed E-state index contributed by atoms with van der Waals surface area (Å²) in [5.74, 6) is -0.629. The number of ketones is 3. The third-order valence-electron chi connectivity index (χ3n) is 2.18. The van der Waals surface area contributed by atoms with Gasteiger partial charge in [-0.05, 0) is 29.9 Å². The molecule has 1 N–H and O–H groups in total. The summed E-state index contributed by atoms with van der Waals surface area (Å²) >= 11 is 17.5. The van der Waals surface area contributed by atoms with Crippen molar-refractivity contribution in [2.45, 2.75) is 18.1 Å². The van der Waals surface area contributed by atoms with Crippen molar-refractivity contribution in [2.24, 2.45) is 0 Å². The number of halogens is 8. The molecule has 0 saturated heterocycles. The number of rotatable bonds is 2. The number of hydrogen-bond donors (Lipinski definition) is 1. The minimum absolute atomic E-state index is 0.0810. The number of alkyl halides is 1. The minimum Gasteiger partial charge on any atom is -0.195 e. The van der Waals surface area contributed by atoms with Crippen LogP contribution in [0.15, 0.2) is 22.9 Å². The number of hydrogen-bond acceptors (Lipinski definition) is 8. The quantitative estimate of drug-likeness (QED) is 0.156. The molecule has 6 nitrogen and oxygen atoms in total. The number of Topliss-reactive ketones (excluding diaryl/α,β-unsaturated/α-hetero) is 2. The van der Waals surface area contributed by atoms with Crippen LogP contribution in [0.3, 0.4) is 0 Å². The van der Waals surface area contributed by atoms with Crippen LogP contribution >= 0.6 is 131 Å². The van der Waals surface area contributed by atoms with E-state index in [0.717, 1.165) is 11.8 Å². The van der Waals surface area contributed by atoms with Gasteiger partial charge in [-0.3, -0.25) is 14.4 Å². The molecule has 0 saturated carbocycles. The van der Waals surface area contributed by atoms with Crippen molar-refractivity contribution in [3.63, 3.8) is 0 Å². The van der Waals surface area contributed by atoms with Gasteiger partial charge >= 0.3 is 58.8 Å². The molecule has 29 heavy (non-hydrogen) atoms. The first-order valence-electron chi connectivity index (χ1n) is 6.22. The summed E-state index contributed by atoms with van der Waals surface area (Å²) in [5.41, 5.74) is 0. The summed E-state index contributed by atoms with van der Waals surface area (Å²) in [4.78, 5) is 32.7. The molecule has 1 aromatic heterocycles. The number of thioether (sulfide) groups is 1. The van der Waals surface area contributed by atoms with E-state index < -0.39 is 12.5 Å². The Morgan fingerprint density at radius 1 is 1.21 bits per heavy atom. The smallest absolute Gasteiger partial charge is 0.195 e. The first-order valence-corrected chi connectivity index (χ1v) is 30.3. The zero-order valence-electron chi connectivity index (χ0n) is 14.0. The van der Waals surface area contributed by atoms with Crippen LogP contribution in [0.2, 0.25) is 0 Å². The summed E-state index contributed by atoms with van der Waals surface area (Å²) in [5, 5.41) is 12.1. The fourth-order valence-corrected chi connectivity index (χ4v) is 2.81. The first kappa shape index (κ1) is 36.6. The van der Waals surface area contributed by atoms with E-state index >= 15 is 0 Å². The first-order chi connectivity index (χ1) is 13.2. The molecular formula is C12H11Cl3I5O6S3-. The van der Waals surface area contributed by atoms with Crippen LogP contribution in [-0.2, 0) is 17.9 Å². The molecule has 170 valence electrons. The number of carbonyl (C=O) groups is 3. The van der Waals surface area contributed by atoms with Crippen molar-refractivity contribution in [1.82, 2.24) is 0 Å². The van der Waals surface area contributed by atoms with E-state index in [4.69, 9.17) is 25.1 Å². The topological polar surface area (TPSA) is 106 Å². The molecule has 0 amide bonds. The second-order valence-corrected chi connectivity index (χ2v) is 26.8. The predicted molar refractivity (Wildman–Crippen MR) is 154 cm³/mol. The number of carbonyl (C=O) groups excluding carboxylic acids is 3. The zero-order valence-corrected chi connectivity index (χ0v) is 29.6. The van der Waals surface area contributed by atoms with Gasteiger partial charge in [-0.25, -0.2) is 0 Å². The van der Waals surface area contributed by atoms with E-state index in [2.05, 4.69) is 95.8 Å². The summed E-state index contributed by atoms with van der Waals surface area (Å²) in [6, 6.07) is 1.52. The summed E-state index contributed by atoms with van der Waals surface area (Å²) in [6.45, 7) is 2.75. The van der Waals surface area contributed by atoms with Crippen LogP contribution in [0.25, 0.3) is 0 Å². The third kappa shape index (κ3) is 20.2. The molecule has 1 unspecified atom stereocenters. The van der Waals surface area contributed by atoms with Crippen molar-refractivity contribution < 1.29 is 41.2 Å². The summed E-state index contributed by atoms with van der Waals surface area (Å²) in [6.07, 6.45) is 1.32. The molecular weight excluding hydrogens is 1080 g/mol. The molecule has 0 aromatic carbocycles. The molecule has 1 aromatic rings. The van der Waals surface area contributed by atoms with E-state index in [-0.39, 0.29) is 23.1 Å². The van der Waals surface area contributed by atoms with Crippen LogP contribution < -0.4 is 13.3 Å². The molecule has 0 spiro atoms. The van der Waals surface area contributed by atoms with Gasteiger partial charge in [0.05, 0.1) is 0 Å². The SMILES string of the molecule is CC(=O)C1(Cl)SC=CC1=O.CC(=O)c1sccc1O.II.I[I-]I.O=S(=O)(Cl)Cl. The van der Waals surface area contributed by atoms with Gasteiger partial charge in [0.1, 0.15) is 10.6 Å². The van der Waals surface area contributed by atoms with Gasteiger partial charge in [-0.15, -0.1) is 11.3 Å². The zero-order chi connectivity index (χ0) is 23.8. The van der Waals surface area contributed by atoms with E-state index in [1.807, 2.05) is 0 Å². The standard InChI is InChI=1S/C6H5ClO2S.C6H6O2S.Cl2O2S.I3.I2/c1-4(8)6(7)5(9)2-3-10-6;1-4(7)6-5(8)2-3-9-6;1-5(2,3)4;1-3-2;1-2/h2-3H,1H3;2-3,8H,1H3;;;/q;;;-1;. The second kappa shape index (κ2) is 20.4. The van der Waals surface area contributed by atoms with Crippen molar-refractivity contribution in [3.8, 4) is 5.75 Å². The van der Waals surface area contributed by atoms with Crippen LogP contribution in [-0.4, -0.2) is 35.1 Å². The molecule has 2 rings (SSSR count).